The molecule has 0 fully saturated rings. The summed E-state index contributed by atoms with van der Waals surface area (Å²) in [6.45, 7) is 5.75. The van der Waals surface area contributed by atoms with E-state index >= 15 is 0 Å². The van der Waals surface area contributed by atoms with Crippen molar-refractivity contribution in [2.24, 2.45) is 4.99 Å². The van der Waals surface area contributed by atoms with E-state index in [9.17, 15) is 0 Å². The minimum Gasteiger partial charge on any atom is -0.493 e. The lowest BCUT2D eigenvalue weighted by molar-refractivity contribution is 0.322. The second-order valence-corrected chi connectivity index (χ2v) is 6.14. The van der Waals surface area contributed by atoms with Gasteiger partial charge in [-0.2, -0.15) is 0 Å². The van der Waals surface area contributed by atoms with Crippen LogP contribution < -0.4 is 20.1 Å². The SMILES string of the molecule is CCNC(=NCCc1ccc2c(c1)CCO2)NCCOc1ccccc1.I. The lowest BCUT2D eigenvalue weighted by Crippen LogP contribution is -2.39. The molecule has 3 rings (SSSR count). The molecule has 0 atom stereocenters. The van der Waals surface area contributed by atoms with Gasteiger partial charge in [-0.25, -0.2) is 0 Å². The van der Waals surface area contributed by atoms with E-state index in [0.29, 0.717) is 13.2 Å². The van der Waals surface area contributed by atoms with Crippen LogP contribution in [0.15, 0.2) is 53.5 Å². The van der Waals surface area contributed by atoms with Crippen LogP contribution in [0, 0.1) is 0 Å². The summed E-state index contributed by atoms with van der Waals surface area (Å²) in [4.78, 5) is 4.65. The number of benzene rings is 2. The predicted octanol–water partition coefficient (Wildman–Crippen LogP) is 3.42. The van der Waals surface area contributed by atoms with Crippen molar-refractivity contribution >= 4 is 29.9 Å². The number of para-hydroxylation sites is 1. The Kier molecular flexibility index (Phi) is 9.24. The van der Waals surface area contributed by atoms with E-state index in [1.165, 1.54) is 11.1 Å². The molecule has 0 saturated heterocycles. The molecule has 1 aliphatic heterocycles. The van der Waals surface area contributed by atoms with E-state index < -0.39 is 0 Å². The third-order valence-electron chi connectivity index (χ3n) is 4.17. The highest BCUT2D eigenvalue weighted by atomic mass is 127. The molecule has 0 aliphatic carbocycles. The number of ether oxygens (including phenoxy) is 2. The Morgan fingerprint density at radius 1 is 1.15 bits per heavy atom. The van der Waals surface area contributed by atoms with Gasteiger partial charge in [-0.3, -0.25) is 4.99 Å². The first-order valence-corrected chi connectivity index (χ1v) is 9.30. The average molecular weight is 481 g/mol. The lowest BCUT2D eigenvalue weighted by Gasteiger charge is -2.12. The van der Waals surface area contributed by atoms with Crippen molar-refractivity contribution in [2.75, 3.05) is 32.8 Å². The summed E-state index contributed by atoms with van der Waals surface area (Å²) in [5.74, 6) is 2.75. The summed E-state index contributed by atoms with van der Waals surface area (Å²) in [7, 11) is 0. The molecule has 0 spiro atoms. The van der Waals surface area contributed by atoms with Crippen LogP contribution in [-0.4, -0.2) is 38.8 Å². The number of guanidine groups is 1. The summed E-state index contributed by atoms with van der Waals surface area (Å²) in [6, 6.07) is 16.3. The number of hydrogen-bond acceptors (Lipinski definition) is 3. The van der Waals surface area contributed by atoms with Crippen LogP contribution in [0.5, 0.6) is 11.5 Å². The van der Waals surface area contributed by atoms with Crippen molar-refractivity contribution in [1.82, 2.24) is 10.6 Å². The number of halogens is 1. The second kappa shape index (κ2) is 11.7. The maximum atomic E-state index is 5.69. The number of hydrogen-bond donors (Lipinski definition) is 2. The monoisotopic (exact) mass is 481 g/mol. The Morgan fingerprint density at radius 2 is 2.00 bits per heavy atom. The zero-order valence-electron chi connectivity index (χ0n) is 15.7. The van der Waals surface area contributed by atoms with Crippen molar-refractivity contribution in [3.8, 4) is 11.5 Å². The van der Waals surface area contributed by atoms with Crippen LogP contribution in [-0.2, 0) is 12.8 Å². The van der Waals surface area contributed by atoms with Gasteiger partial charge in [0.2, 0.25) is 0 Å². The Morgan fingerprint density at radius 3 is 2.81 bits per heavy atom. The average Bonchev–Trinajstić information content (AvgIpc) is 3.14. The molecule has 0 amide bonds. The molecule has 2 aromatic rings. The van der Waals surface area contributed by atoms with Gasteiger partial charge in [-0.1, -0.05) is 30.3 Å². The van der Waals surface area contributed by atoms with Gasteiger partial charge in [0, 0.05) is 19.5 Å². The third kappa shape index (κ3) is 6.93. The van der Waals surface area contributed by atoms with Crippen LogP contribution in [0.3, 0.4) is 0 Å². The molecule has 1 aliphatic rings. The molecule has 0 unspecified atom stereocenters. The minimum atomic E-state index is 0. The molecule has 0 aromatic heterocycles. The van der Waals surface area contributed by atoms with Gasteiger partial charge >= 0.3 is 0 Å². The molecular weight excluding hydrogens is 453 g/mol. The Bertz CT molecular complexity index is 723. The van der Waals surface area contributed by atoms with E-state index in [1.807, 2.05) is 30.3 Å². The van der Waals surface area contributed by atoms with Gasteiger partial charge in [0.1, 0.15) is 18.1 Å². The molecule has 0 saturated carbocycles. The van der Waals surface area contributed by atoms with Crippen molar-refractivity contribution in [1.29, 1.82) is 0 Å². The highest BCUT2D eigenvalue weighted by molar-refractivity contribution is 14.0. The maximum absolute atomic E-state index is 5.69. The first kappa shape index (κ1) is 21.3. The smallest absolute Gasteiger partial charge is 0.191 e. The Labute approximate surface area is 178 Å². The maximum Gasteiger partial charge on any atom is 0.191 e. The normalized spacial score (nSPS) is 12.6. The fraction of sp³-hybridized carbons (Fsp3) is 0.381. The summed E-state index contributed by atoms with van der Waals surface area (Å²) >= 11 is 0. The van der Waals surface area contributed by atoms with Crippen LogP contribution in [0.4, 0.5) is 0 Å². The summed E-state index contributed by atoms with van der Waals surface area (Å²) in [6.07, 6.45) is 1.93. The van der Waals surface area contributed by atoms with Gasteiger partial charge in [0.15, 0.2) is 5.96 Å². The van der Waals surface area contributed by atoms with Gasteiger partial charge in [0.25, 0.3) is 0 Å². The molecule has 2 aromatic carbocycles. The highest BCUT2D eigenvalue weighted by Gasteiger charge is 2.11. The zero-order chi connectivity index (χ0) is 18.0. The van der Waals surface area contributed by atoms with Crippen molar-refractivity contribution < 1.29 is 9.47 Å². The van der Waals surface area contributed by atoms with E-state index in [4.69, 9.17) is 9.47 Å². The standard InChI is InChI=1S/C21H27N3O2.HI/c1-2-22-21(24-13-15-25-19-6-4-3-5-7-19)23-12-10-17-8-9-20-18(16-17)11-14-26-20;/h3-9,16H,2,10-15H2,1H3,(H2,22,23,24);1H. The molecular formula is C21H28IN3O2. The molecule has 146 valence electrons. The number of rotatable bonds is 8. The highest BCUT2D eigenvalue weighted by Crippen LogP contribution is 2.25. The quantitative estimate of drug-likeness (QED) is 0.263. The summed E-state index contributed by atoms with van der Waals surface area (Å²) in [5, 5.41) is 6.59. The van der Waals surface area contributed by atoms with Crippen molar-refractivity contribution in [3.05, 3.63) is 59.7 Å². The largest absolute Gasteiger partial charge is 0.493 e. The summed E-state index contributed by atoms with van der Waals surface area (Å²) < 4.78 is 11.2. The molecule has 1 heterocycles. The number of fused-ring (bicyclic) bond motifs is 1. The topological polar surface area (TPSA) is 54.9 Å². The molecule has 27 heavy (non-hydrogen) atoms. The fourth-order valence-electron chi connectivity index (χ4n) is 2.89. The second-order valence-electron chi connectivity index (χ2n) is 6.14. The van der Waals surface area contributed by atoms with Gasteiger partial charge in [-0.15, -0.1) is 24.0 Å². The first-order chi connectivity index (χ1) is 12.8. The number of nitrogens with zero attached hydrogens (tertiary/aromatic N) is 1. The molecule has 2 N–H and O–H groups in total. The molecule has 0 bridgehead atoms. The Hall–Kier alpha value is -1.96. The number of nitrogens with one attached hydrogen (secondary N) is 2. The van der Waals surface area contributed by atoms with E-state index in [0.717, 1.165) is 50.0 Å². The van der Waals surface area contributed by atoms with Gasteiger partial charge < -0.3 is 20.1 Å². The van der Waals surface area contributed by atoms with Crippen molar-refractivity contribution in [3.63, 3.8) is 0 Å². The van der Waals surface area contributed by atoms with Crippen LogP contribution in [0.1, 0.15) is 18.1 Å². The zero-order valence-corrected chi connectivity index (χ0v) is 18.1. The number of aliphatic imine (C=N–C) groups is 1. The minimum absolute atomic E-state index is 0. The van der Waals surface area contributed by atoms with Crippen LogP contribution in [0.2, 0.25) is 0 Å². The lowest BCUT2D eigenvalue weighted by atomic mass is 10.1. The molecule has 6 heteroatoms. The van der Waals surface area contributed by atoms with Gasteiger partial charge in [-0.05, 0) is 42.7 Å². The molecule has 0 radical (unpaired) electrons. The predicted molar refractivity (Wildman–Crippen MR) is 121 cm³/mol. The van der Waals surface area contributed by atoms with E-state index in [2.05, 4.69) is 40.7 Å². The summed E-state index contributed by atoms with van der Waals surface area (Å²) in [5.41, 5.74) is 2.62. The van der Waals surface area contributed by atoms with Crippen LogP contribution >= 0.6 is 24.0 Å². The van der Waals surface area contributed by atoms with E-state index in [1.54, 1.807) is 0 Å². The Balaban J connectivity index is 0.00000261. The molecule has 5 nitrogen and oxygen atoms in total. The van der Waals surface area contributed by atoms with Crippen molar-refractivity contribution in [2.45, 2.75) is 19.8 Å². The first-order valence-electron chi connectivity index (χ1n) is 9.30. The fourth-order valence-corrected chi connectivity index (χ4v) is 2.89. The van der Waals surface area contributed by atoms with Gasteiger partial charge in [0.05, 0.1) is 13.2 Å². The third-order valence-corrected chi connectivity index (χ3v) is 4.17. The van der Waals surface area contributed by atoms with Crippen LogP contribution in [0.25, 0.3) is 0 Å². The van der Waals surface area contributed by atoms with E-state index in [-0.39, 0.29) is 24.0 Å².